The van der Waals surface area contributed by atoms with Crippen LogP contribution in [0.2, 0.25) is 0 Å². The summed E-state index contributed by atoms with van der Waals surface area (Å²) in [4.78, 5) is 53.3. The molecule has 11 nitrogen and oxygen atoms in total. The first-order valence-corrected chi connectivity index (χ1v) is 10.9. The number of nitro groups is 1. The highest BCUT2D eigenvalue weighted by Crippen LogP contribution is 2.47. The van der Waals surface area contributed by atoms with Crippen molar-refractivity contribution in [2.24, 2.45) is 0 Å². The average molecular weight is 487 g/mol. The zero-order valence-corrected chi connectivity index (χ0v) is 18.7. The standard InChI is InChI=1S/C25H17N3O8/c1-34-15-8-6-14(7-9-15)26-21(13-5-10-18-19(11-13)36-12-35-18)22(25(26)31)27-23(29)16-3-2-4-17(28(32)33)20(16)24(27)30/h2-11,21-22H,12H2,1H3/t21-,22+/m1/s1. The summed E-state index contributed by atoms with van der Waals surface area (Å²) < 4.78 is 16.1. The molecule has 0 saturated carbocycles. The number of anilines is 1. The molecule has 6 rings (SSSR count). The number of ether oxygens (including phenoxy) is 3. The second-order valence-electron chi connectivity index (χ2n) is 8.35. The van der Waals surface area contributed by atoms with E-state index in [1.807, 2.05) is 0 Å². The minimum atomic E-state index is -1.21. The number of carbonyl (C=O) groups excluding carboxylic acids is 3. The van der Waals surface area contributed by atoms with Gasteiger partial charge in [0.1, 0.15) is 17.4 Å². The van der Waals surface area contributed by atoms with Gasteiger partial charge in [-0.05, 0) is 48.0 Å². The zero-order chi connectivity index (χ0) is 25.1. The highest BCUT2D eigenvalue weighted by atomic mass is 16.7. The Hall–Kier alpha value is -4.93. The second-order valence-corrected chi connectivity index (χ2v) is 8.35. The fourth-order valence-corrected chi connectivity index (χ4v) is 4.87. The Balaban J connectivity index is 1.44. The van der Waals surface area contributed by atoms with E-state index in [2.05, 4.69) is 0 Å². The largest absolute Gasteiger partial charge is 0.497 e. The molecule has 3 aliphatic rings. The van der Waals surface area contributed by atoms with Crippen LogP contribution in [0.5, 0.6) is 17.2 Å². The highest BCUT2D eigenvalue weighted by molar-refractivity contribution is 6.26. The van der Waals surface area contributed by atoms with Gasteiger partial charge in [-0.15, -0.1) is 0 Å². The third-order valence-electron chi connectivity index (χ3n) is 6.56. The fourth-order valence-electron chi connectivity index (χ4n) is 4.87. The molecule has 0 radical (unpaired) electrons. The van der Waals surface area contributed by atoms with Crippen LogP contribution in [0.3, 0.4) is 0 Å². The van der Waals surface area contributed by atoms with E-state index in [9.17, 15) is 24.5 Å². The predicted octanol–water partition coefficient (Wildman–Crippen LogP) is 3.08. The summed E-state index contributed by atoms with van der Waals surface area (Å²) in [6, 6.07) is 13.8. The van der Waals surface area contributed by atoms with E-state index in [0.29, 0.717) is 28.5 Å². The molecule has 0 spiro atoms. The van der Waals surface area contributed by atoms with Gasteiger partial charge in [0.05, 0.1) is 23.6 Å². The van der Waals surface area contributed by atoms with E-state index in [0.717, 1.165) is 11.0 Å². The molecule has 3 amide bonds. The molecule has 1 saturated heterocycles. The predicted molar refractivity (Wildman–Crippen MR) is 123 cm³/mol. The van der Waals surface area contributed by atoms with Gasteiger partial charge < -0.3 is 19.1 Å². The number of benzene rings is 3. The van der Waals surface area contributed by atoms with Gasteiger partial charge in [0.2, 0.25) is 6.79 Å². The number of imide groups is 1. The summed E-state index contributed by atoms with van der Waals surface area (Å²) in [5, 5.41) is 11.5. The van der Waals surface area contributed by atoms with E-state index in [1.54, 1.807) is 42.5 Å². The summed E-state index contributed by atoms with van der Waals surface area (Å²) in [6.45, 7) is 0.0517. The van der Waals surface area contributed by atoms with Gasteiger partial charge in [0, 0.05) is 11.8 Å². The van der Waals surface area contributed by atoms with Crippen molar-refractivity contribution in [3.63, 3.8) is 0 Å². The van der Waals surface area contributed by atoms with Crippen molar-refractivity contribution in [1.82, 2.24) is 4.90 Å². The molecule has 11 heteroatoms. The third-order valence-corrected chi connectivity index (χ3v) is 6.56. The maximum atomic E-state index is 13.5. The summed E-state index contributed by atoms with van der Waals surface area (Å²) >= 11 is 0. The Bertz CT molecular complexity index is 1470. The van der Waals surface area contributed by atoms with Crippen LogP contribution in [0.4, 0.5) is 11.4 Å². The SMILES string of the molecule is COc1ccc(N2C(=O)[C@@H](N3C(=O)c4cccc([N+](=O)[O-])c4C3=O)[C@H]2c2ccc3c(c2)OCO3)cc1. The molecular formula is C25H17N3O8. The van der Waals surface area contributed by atoms with Crippen molar-refractivity contribution in [2.45, 2.75) is 12.1 Å². The summed E-state index contributed by atoms with van der Waals surface area (Å²) in [7, 11) is 1.52. The number of amides is 3. The van der Waals surface area contributed by atoms with Crippen LogP contribution in [0.1, 0.15) is 32.3 Å². The van der Waals surface area contributed by atoms with Crippen molar-refractivity contribution < 1.29 is 33.5 Å². The molecule has 0 unspecified atom stereocenters. The van der Waals surface area contributed by atoms with Crippen molar-refractivity contribution in [2.75, 3.05) is 18.8 Å². The molecule has 0 aliphatic carbocycles. The molecule has 2 atom stereocenters. The summed E-state index contributed by atoms with van der Waals surface area (Å²) in [5.74, 6) is -0.528. The number of nitro benzene ring substituents is 1. The number of β-lactam (4-membered cyclic amide) rings is 1. The first-order valence-electron chi connectivity index (χ1n) is 10.9. The lowest BCUT2D eigenvalue weighted by molar-refractivity contribution is -0.385. The number of carbonyl (C=O) groups is 3. The highest BCUT2D eigenvalue weighted by Gasteiger charge is 2.58. The van der Waals surface area contributed by atoms with Crippen LogP contribution in [-0.2, 0) is 4.79 Å². The number of rotatable bonds is 5. The lowest BCUT2D eigenvalue weighted by Crippen LogP contribution is -2.67. The quantitative estimate of drug-likeness (QED) is 0.232. The lowest BCUT2D eigenvalue weighted by atomic mass is 9.86. The number of nitrogens with zero attached hydrogens (tertiary/aromatic N) is 3. The molecule has 3 aromatic rings. The van der Waals surface area contributed by atoms with Crippen LogP contribution in [-0.4, -0.2) is 47.5 Å². The van der Waals surface area contributed by atoms with Gasteiger partial charge in [0.15, 0.2) is 11.5 Å². The Morgan fingerprint density at radius 2 is 1.67 bits per heavy atom. The fraction of sp³-hybridized carbons (Fsp3) is 0.160. The Morgan fingerprint density at radius 1 is 0.917 bits per heavy atom. The molecule has 1 fully saturated rings. The number of methoxy groups -OCH3 is 1. The maximum absolute atomic E-state index is 13.5. The molecular weight excluding hydrogens is 470 g/mol. The van der Waals surface area contributed by atoms with Crippen molar-refractivity contribution in [3.8, 4) is 17.2 Å². The van der Waals surface area contributed by atoms with Crippen molar-refractivity contribution in [1.29, 1.82) is 0 Å². The molecule has 0 N–H and O–H groups in total. The van der Waals surface area contributed by atoms with Crippen LogP contribution in [0, 0.1) is 10.1 Å². The van der Waals surface area contributed by atoms with E-state index in [-0.39, 0.29) is 17.9 Å². The Morgan fingerprint density at radius 3 is 2.39 bits per heavy atom. The van der Waals surface area contributed by atoms with E-state index in [1.165, 1.54) is 24.1 Å². The molecule has 36 heavy (non-hydrogen) atoms. The molecule has 180 valence electrons. The maximum Gasteiger partial charge on any atom is 0.282 e. The summed E-state index contributed by atoms with van der Waals surface area (Å²) in [5.41, 5.74) is 0.238. The van der Waals surface area contributed by atoms with Gasteiger partial charge in [-0.1, -0.05) is 12.1 Å². The third kappa shape index (κ3) is 2.95. The monoisotopic (exact) mass is 487 g/mol. The van der Waals surface area contributed by atoms with E-state index in [4.69, 9.17) is 14.2 Å². The first kappa shape index (κ1) is 21.6. The van der Waals surface area contributed by atoms with Crippen molar-refractivity contribution >= 4 is 29.1 Å². The molecule has 3 aliphatic heterocycles. The Kier molecular flexibility index (Phi) is 4.68. The smallest absolute Gasteiger partial charge is 0.282 e. The second kappa shape index (κ2) is 7.80. The summed E-state index contributed by atoms with van der Waals surface area (Å²) in [6.07, 6.45) is 0. The topological polar surface area (TPSA) is 129 Å². The minimum Gasteiger partial charge on any atom is -0.497 e. The molecule has 3 heterocycles. The first-order chi connectivity index (χ1) is 17.4. The van der Waals surface area contributed by atoms with Crippen LogP contribution in [0.25, 0.3) is 0 Å². The Labute approximate surface area is 203 Å². The normalized spacial score (nSPS) is 19.9. The van der Waals surface area contributed by atoms with Gasteiger partial charge in [-0.25, -0.2) is 0 Å². The van der Waals surface area contributed by atoms with E-state index < -0.39 is 40.4 Å². The van der Waals surface area contributed by atoms with Crippen LogP contribution >= 0.6 is 0 Å². The number of fused-ring (bicyclic) bond motifs is 2. The molecule has 3 aromatic carbocycles. The van der Waals surface area contributed by atoms with Crippen LogP contribution in [0.15, 0.2) is 60.7 Å². The molecule has 0 bridgehead atoms. The molecule has 0 aromatic heterocycles. The van der Waals surface area contributed by atoms with Crippen LogP contribution < -0.4 is 19.1 Å². The zero-order valence-electron chi connectivity index (χ0n) is 18.7. The minimum absolute atomic E-state index is 0.0517. The number of hydrogen-bond donors (Lipinski definition) is 0. The number of hydrogen-bond acceptors (Lipinski definition) is 8. The lowest BCUT2D eigenvalue weighted by Gasteiger charge is -2.49. The van der Waals surface area contributed by atoms with Gasteiger partial charge >= 0.3 is 0 Å². The van der Waals surface area contributed by atoms with Gasteiger partial charge in [0.25, 0.3) is 23.4 Å². The van der Waals surface area contributed by atoms with E-state index >= 15 is 0 Å². The van der Waals surface area contributed by atoms with Gasteiger partial charge in [-0.2, -0.15) is 0 Å². The average Bonchev–Trinajstić information content (AvgIpc) is 3.45. The van der Waals surface area contributed by atoms with Crippen molar-refractivity contribution in [3.05, 3.63) is 87.5 Å². The van der Waals surface area contributed by atoms with Gasteiger partial charge in [-0.3, -0.25) is 29.4 Å².